The summed E-state index contributed by atoms with van der Waals surface area (Å²) in [5.41, 5.74) is 4.69. The van der Waals surface area contributed by atoms with Gasteiger partial charge in [0.2, 0.25) is 0 Å². The monoisotopic (exact) mass is 258 g/mol. The maximum atomic E-state index is 12.0. The van der Waals surface area contributed by atoms with Crippen LogP contribution in [0.15, 0.2) is 46.6 Å². The van der Waals surface area contributed by atoms with E-state index >= 15 is 0 Å². The van der Waals surface area contributed by atoms with Crippen LogP contribution in [0.5, 0.6) is 0 Å². The van der Waals surface area contributed by atoms with Gasteiger partial charge in [0.25, 0.3) is 5.91 Å². The van der Waals surface area contributed by atoms with Gasteiger partial charge in [0.05, 0.1) is 0 Å². The second-order valence-corrected chi connectivity index (χ2v) is 5.22. The Morgan fingerprint density at radius 2 is 2.05 bits per heavy atom. The maximum Gasteiger partial charge on any atom is 0.253 e. The van der Waals surface area contributed by atoms with Gasteiger partial charge in [-0.3, -0.25) is 4.79 Å². The first kappa shape index (κ1) is 13.8. The number of nitrogens with zero attached hydrogens (tertiary/aromatic N) is 1. The normalized spacial score (nSPS) is 19.7. The number of hydrogen-bond acceptors (Lipinski definition) is 2. The first-order valence-corrected chi connectivity index (χ1v) is 6.80. The number of carbonyl (C=O) groups is 1. The summed E-state index contributed by atoms with van der Waals surface area (Å²) >= 11 is 0. The molecule has 1 aliphatic heterocycles. The van der Waals surface area contributed by atoms with Crippen molar-refractivity contribution in [1.29, 1.82) is 0 Å². The third-order valence-corrected chi connectivity index (χ3v) is 3.52. The Hall–Kier alpha value is -1.61. The van der Waals surface area contributed by atoms with Crippen molar-refractivity contribution in [3.8, 4) is 0 Å². The minimum atomic E-state index is 0.0771. The Morgan fingerprint density at radius 3 is 2.68 bits per heavy atom. The van der Waals surface area contributed by atoms with Crippen LogP contribution in [-0.4, -0.2) is 38.0 Å². The van der Waals surface area contributed by atoms with Gasteiger partial charge < -0.3 is 10.2 Å². The Labute approximate surface area is 115 Å². The van der Waals surface area contributed by atoms with Crippen molar-refractivity contribution in [3.05, 3.63) is 46.6 Å². The molecule has 0 aromatic rings. The molecule has 0 fully saturated rings. The molecule has 1 amide bonds. The molecule has 3 heteroatoms. The van der Waals surface area contributed by atoms with E-state index in [2.05, 4.69) is 24.4 Å². The zero-order valence-corrected chi connectivity index (χ0v) is 12.0. The topological polar surface area (TPSA) is 32.3 Å². The van der Waals surface area contributed by atoms with Gasteiger partial charge in [-0.05, 0) is 49.1 Å². The molecule has 0 saturated heterocycles. The van der Waals surface area contributed by atoms with Crippen LogP contribution in [0.4, 0.5) is 0 Å². The molecular weight excluding hydrogens is 236 g/mol. The lowest BCUT2D eigenvalue weighted by atomic mass is 9.93. The molecule has 19 heavy (non-hydrogen) atoms. The van der Waals surface area contributed by atoms with Crippen LogP contribution in [0.3, 0.4) is 0 Å². The molecule has 0 radical (unpaired) electrons. The van der Waals surface area contributed by atoms with Gasteiger partial charge in [0.15, 0.2) is 0 Å². The minimum Gasteiger partial charge on any atom is -0.345 e. The molecular formula is C16H22N2O. The molecule has 0 bridgehead atoms. The quantitative estimate of drug-likeness (QED) is 0.823. The fourth-order valence-electron chi connectivity index (χ4n) is 2.49. The highest BCUT2D eigenvalue weighted by Gasteiger charge is 2.15. The van der Waals surface area contributed by atoms with Crippen molar-refractivity contribution in [3.63, 3.8) is 0 Å². The predicted octanol–water partition coefficient (Wildman–Crippen LogP) is 2.20. The first-order chi connectivity index (χ1) is 9.09. The summed E-state index contributed by atoms with van der Waals surface area (Å²) in [4.78, 5) is 13.7. The van der Waals surface area contributed by atoms with E-state index < -0.39 is 0 Å². The van der Waals surface area contributed by atoms with Gasteiger partial charge in [-0.2, -0.15) is 0 Å². The van der Waals surface area contributed by atoms with Crippen LogP contribution in [0, 0.1) is 0 Å². The summed E-state index contributed by atoms with van der Waals surface area (Å²) in [6.45, 7) is 4.07. The number of nitrogens with one attached hydrogen (secondary N) is 1. The molecule has 1 N–H and O–H groups in total. The van der Waals surface area contributed by atoms with E-state index in [-0.39, 0.29) is 5.91 Å². The number of hydrogen-bond donors (Lipinski definition) is 1. The molecule has 0 unspecified atom stereocenters. The van der Waals surface area contributed by atoms with Crippen molar-refractivity contribution < 1.29 is 4.79 Å². The van der Waals surface area contributed by atoms with Gasteiger partial charge in [0.1, 0.15) is 0 Å². The SMILES string of the molecule is CC1=CC(C(=O)N(C)C)=CCC=C1C1=CCNCC1. The molecule has 2 rings (SSSR count). The number of amides is 1. The smallest absolute Gasteiger partial charge is 0.253 e. The standard InChI is InChI=1S/C16H22N2O/c1-12-11-14(16(19)18(2)3)5-4-6-15(12)13-7-9-17-10-8-13/h5-7,11,17H,4,8-10H2,1-3H3. The lowest BCUT2D eigenvalue weighted by molar-refractivity contribution is -0.124. The molecule has 2 aliphatic rings. The molecule has 0 saturated carbocycles. The molecule has 1 heterocycles. The van der Waals surface area contributed by atoms with Crippen molar-refractivity contribution in [2.45, 2.75) is 19.8 Å². The van der Waals surface area contributed by atoms with Crippen LogP contribution < -0.4 is 5.32 Å². The summed E-state index contributed by atoms with van der Waals surface area (Å²) < 4.78 is 0. The van der Waals surface area contributed by atoms with Crippen LogP contribution in [0.2, 0.25) is 0 Å². The Balaban J connectivity index is 2.23. The highest BCUT2D eigenvalue weighted by molar-refractivity contribution is 5.96. The van der Waals surface area contributed by atoms with Gasteiger partial charge in [-0.15, -0.1) is 0 Å². The largest absolute Gasteiger partial charge is 0.345 e. The molecule has 0 spiro atoms. The Kier molecular flexibility index (Phi) is 4.38. The Bertz CT molecular complexity index is 493. The zero-order valence-electron chi connectivity index (χ0n) is 12.0. The summed E-state index contributed by atoms with van der Waals surface area (Å²) in [5.74, 6) is 0.0771. The number of allylic oxidation sites excluding steroid dienone is 4. The van der Waals surface area contributed by atoms with E-state index in [9.17, 15) is 4.79 Å². The molecule has 102 valence electrons. The molecule has 0 aromatic carbocycles. The average Bonchev–Trinajstić information content (AvgIpc) is 2.60. The average molecular weight is 258 g/mol. The molecule has 3 nitrogen and oxygen atoms in total. The highest BCUT2D eigenvalue weighted by Crippen LogP contribution is 2.27. The van der Waals surface area contributed by atoms with Crippen molar-refractivity contribution in [2.75, 3.05) is 27.2 Å². The van der Waals surface area contributed by atoms with Gasteiger partial charge in [-0.1, -0.05) is 18.2 Å². The second kappa shape index (κ2) is 6.02. The Morgan fingerprint density at radius 1 is 1.26 bits per heavy atom. The van der Waals surface area contributed by atoms with E-state index in [1.165, 1.54) is 16.7 Å². The third-order valence-electron chi connectivity index (χ3n) is 3.52. The first-order valence-electron chi connectivity index (χ1n) is 6.80. The van der Waals surface area contributed by atoms with E-state index in [1.807, 2.05) is 12.2 Å². The fourth-order valence-corrected chi connectivity index (χ4v) is 2.49. The lowest BCUT2D eigenvalue weighted by Crippen LogP contribution is -2.23. The lowest BCUT2D eigenvalue weighted by Gasteiger charge is -2.17. The van der Waals surface area contributed by atoms with Crippen LogP contribution in [-0.2, 0) is 4.79 Å². The molecule has 1 aliphatic carbocycles. The summed E-state index contributed by atoms with van der Waals surface area (Å²) in [6, 6.07) is 0. The number of likely N-dealkylation sites (N-methyl/N-ethyl adjacent to an activating group) is 1. The van der Waals surface area contributed by atoms with E-state index in [1.54, 1.807) is 19.0 Å². The predicted molar refractivity (Wildman–Crippen MR) is 78.8 cm³/mol. The van der Waals surface area contributed by atoms with Crippen LogP contribution >= 0.6 is 0 Å². The van der Waals surface area contributed by atoms with E-state index in [0.29, 0.717) is 0 Å². The van der Waals surface area contributed by atoms with Crippen molar-refractivity contribution in [2.24, 2.45) is 0 Å². The second-order valence-electron chi connectivity index (χ2n) is 5.22. The summed E-state index contributed by atoms with van der Waals surface area (Å²) in [5, 5.41) is 3.33. The van der Waals surface area contributed by atoms with Gasteiger partial charge >= 0.3 is 0 Å². The van der Waals surface area contributed by atoms with Crippen LogP contribution in [0.1, 0.15) is 19.8 Å². The molecule has 0 atom stereocenters. The fraction of sp³-hybridized carbons (Fsp3) is 0.438. The molecule has 0 aromatic heterocycles. The maximum absolute atomic E-state index is 12.0. The van der Waals surface area contributed by atoms with Gasteiger partial charge in [-0.25, -0.2) is 0 Å². The van der Waals surface area contributed by atoms with Crippen molar-refractivity contribution in [1.82, 2.24) is 10.2 Å². The van der Waals surface area contributed by atoms with E-state index in [4.69, 9.17) is 0 Å². The summed E-state index contributed by atoms with van der Waals surface area (Å²) in [6.07, 6.45) is 10.4. The highest BCUT2D eigenvalue weighted by atomic mass is 16.2. The summed E-state index contributed by atoms with van der Waals surface area (Å²) in [7, 11) is 3.59. The minimum absolute atomic E-state index is 0.0771. The zero-order chi connectivity index (χ0) is 13.8. The van der Waals surface area contributed by atoms with Gasteiger partial charge in [0, 0.05) is 26.2 Å². The van der Waals surface area contributed by atoms with Crippen LogP contribution in [0.25, 0.3) is 0 Å². The third kappa shape index (κ3) is 3.24. The van der Waals surface area contributed by atoms with E-state index in [0.717, 1.165) is 31.5 Å². The van der Waals surface area contributed by atoms with Crippen molar-refractivity contribution >= 4 is 5.91 Å². The number of carbonyl (C=O) groups excluding carboxylic acids is 1. The number of rotatable bonds is 2.